The second-order valence-electron chi connectivity index (χ2n) is 23.6. The monoisotopic (exact) mass is 1210 g/mol. The molecule has 0 aromatic heterocycles. The number of Topliss-reactive ketones (excluding diaryl/α,β-unsaturated/α-hetero) is 2. The molecule has 0 unspecified atom stereocenters. The summed E-state index contributed by atoms with van der Waals surface area (Å²) in [6, 6.07) is 16.8. The van der Waals surface area contributed by atoms with Crippen molar-refractivity contribution >= 4 is 76.4 Å². The highest BCUT2D eigenvalue weighted by Crippen LogP contribution is 2.45. The first kappa shape index (κ1) is 69.1. The molecule has 468 valence electrons. The molecule has 86 heavy (non-hydrogen) atoms. The van der Waals surface area contributed by atoms with Crippen molar-refractivity contribution < 1.29 is 71.6 Å². The molecule has 2 heterocycles. The maximum absolute atomic E-state index is 14.0. The Kier molecular flexibility index (Phi) is 26.8. The zero-order valence-corrected chi connectivity index (χ0v) is 51.5. The molecule has 7 N–H and O–H groups in total. The van der Waals surface area contributed by atoms with Crippen LogP contribution in [0.4, 0.5) is 10.5 Å². The van der Waals surface area contributed by atoms with Crippen molar-refractivity contribution in [2.24, 2.45) is 34.8 Å². The van der Waals surface area contributed by atoms with Crippen molar-refractivity contribution in [3.63, 3.8) is 0 Å². The molecule has 2 aliphatic rings. The highest BCUT2D eigenvalue weighted by molar-refractivity contribution is 6.32. The fraction of sp³-hybridized carbons (Fsp3) is 0.531. The summed E-state index contributed by atoms with van der Waals surface area (Å²) in [5.74, 6) is -5.23. The van der Waals surface area contributed by atoms with Gasteiger partial charge in [0.1, 0.15) is 36.4 Å². The second kappa shape index (κ2) is 33.3. The highest BCUT2D eigenvalue weighted by Gasteiger charge is 2.48. The van der Waals surface area contributed by atoms with Crippen LogP contribution >= 0.6 is 11.6 Å². The van der Waals surface area contributed by atoms with Gasteiger partial charge >= 0.3 is 23.9 Å². The van der Waals surface area contributed by atoms with Crippen LogP contribution in [0, 0.1) is 29.1 Å². The van der Waals surface area contributed by atoms with E-state index < -0.39 is 89.3 Å². The summed E-state index contributed by atoms with van der Waals surface area (Å²) in [4.78, 5) is 130. The van der Waals surface area contributed by atoms with Crippen molar-refractivity contribution in [1.29, 1.82) is 0 Å². The number of epoxide rings is 1. The number of esters is 3. The average molecular weight is 1210 g/mol. The highest BCUT2D eigenvalue weighted by atomic mass is 35.5. The molecule has 3 aromatic rings. The van der Waals surface area contributed by atoms with Gasteiger partial charge in [-0.1, -0.05) is 94.8 Å². The van der Waals surface area contributed by atoms with Crippen molar-refractivity contribution in [3.8, 4) is 5.75 Å². The molecular weight excluding hydrogens is 1130 g/mol. The van der Waals surface area contributed by atoms with Crippen LogP contribution in [-0.4, -0.2) is 110 Å². The van der Waals surface area contributed by atoms with E-state index in [9.17, 15) is 47.9 Å². The van der Waals surface area contributed by atoms with Gasteiger partial charge in [0.15, 0.2) is 11.9 Å². The number of nitrogens with two attached hydrogens (primary N) is 1. The molecule has 5 rings (SSSR count). The molecule has 22 heteroatoms. The van der Waals surface area contributed by atoms with Crippen molar-refractivity contribution in [1.82, 2.24) is 21.3 Å². The third-order valence-corrected chi connectivity index (χ3v) is 15.2. The number of urea groups is 1. The van der Waals surface area contributed by atoms with Crippen LogP contribution < -0.4 is 37.1 Å². The van der Waals surface area contributed by atoms with Crippen molar-refractivity contribution in [2.45, 2.75) is 169 Å². The van der Waals surface area contributed by atoms with Gasteiger partial charge in [-0.25, -0.2) is 9.59 Å². The van der Waals surface area contributed by atoms with E-state index in [0.717, 1.165) is 11.1 Å². The maximum Gasteiger partial charge on any atom is 0.347 e. The number of benzene rings is 3. The minimum absolute atomic E-state index is 0.0206. The van der Waals surface area contributed by atoms with E-state index in [4.69, 9.17) is 41.0 Å². The lowest BCUT2D eigenvalue weighted by atomic mass is 9.89. The van der Waals surface area contributed by atoms with Crippen LogP contribution in [0.15, 0.2) is 78.9 Å². The smallest absolute Gasteiger partial charge is 0.347 e. The van der Waals surface area contributed by atoms with Crippen LogP contribution in [0.25, 0.3) is 0 Å². The largest absolute Gasteiger partial charge is 0.495 e. The van der Waals surface area contributed by atoms with Crippen molar-refractivity contribution in [2.75, 3.05) is 25.5 Å². The number of ketones is 2. The molecule has 6 amide bonds. The first-order chi connectivity index (χ1) is 40.7. The Labute approximate surface area is 508 Å². The summed E-state index contributed by atoms with van der Waals surface area (Å²) >= 11 is 6.39. The average Bonchev–Trinajstić information content (AvgIpc) is 2.02. The number of halogens is 1. The summed E-state index contributed by atoms with van der Waals surface area (Å²) < 4.78 is 29.1. The van der Waals surface area contributed by atoms with Gasteiger partial charge in [-0.3, -0.25) is 33.6 Å². The van der Waals surface area contributed by atoms with Gasteiger partial charge in [0.05, 0.1) is 29.7 Å². The van der Waals surface area contributed by atoms with Gasteiger partial charge in [0.2, 0.25) is 23.6 Å². The van der Waals surface area contributed by atoms with Gasteiger partial charge in [-0.2, -0.15) is 0 Å². The number of carbonyl (C=O) groups excluding carboxylic acids is 10. The molecule has 8 atom stereocenters. The number of hydrogen-bond donors (Lipinski definition) is 6. The fourth-order valence-corrected chi connectivity index (χ4v) is 10.0. The first-order valence-corrected chi connectivity index (χ1v) is 29.7. The number of rotatable bonds is 28. The summed E-state index contributed by atoms with van der Waals surface area (Å²) in [5, 5.41) is 14.0. The van der Waals surface area contributed by atoms with E-state index in [1.807, 2.05) is 45.0 Å². The van der Waals surface area contributed by atoms with E-state index in [2.05, 4.69) is 26.6 Å². The molecule has 21 nitrogen and oxygen atoms in total. The third-order valence-electron chi connectivity index (χ3n) is 14.9. The van der Waals surface area contributed by atoms with Crippen LogP contribution in [-0.2, 0) is 81.5 Å². The Hall–Kier alpha value is -7.65. The fourth-order valence-electron chi connectivity index (χ4n) is 9.73. The lowest BCUT2D eigenvalue weighted by Gasteiger charge is -2.29. The quantitative estimate of drug-likeness (QED) is 0.0176. The standard InChI is InChI=1S/C64H85ClN6O15/c1-37(2)31-52-61(79)84-50(15-11-17-53(74)70-48(33-43-22-28-51(82-9)47(65)32-43)60(78)68-36-64(7,8)62(80)85-52)40(6)57-58(86-57)44-24-18-41(19-25-44)23-29-55(76)83-35-42-20-26-46(27-21-42)69-59(77)45(14-12-30-67-63(66)81)34-49(73)56(38(3)4)71-54(75)16-10-13-39(5)72/h11,17-22,24-28,32,37-38,40,45,48,50,52,56-58H,10,12-16,23,29-31,33-36H2,1-9H3,(H,68,78)(H,69,77)(H,70,74)(H,71,75)(H3,66,67,81)/b17-11+/t40-,45+,48+,50-,52-,56-,57-,58-/m0/s1. The Balaban J connectivity index is 1.16. The Bertz CT molecular complexity index is 2890. The number of carbonyl (C=O) groups is 10. The normalized spacial score (nSPS) is 20.4. The van der Waals surface area contributed by atoms with E-state index >= 15 is 0 Å². The number of ether oxygens (including phenoxy) is 5. The van der Waals surface area contributed by atoms with Gasteiger partial charge in [-0.15, -0.1) is 0 Å². The molecule has 1 saturated heterocycles. The second-order valence-corrected chi connectivity index (χ2v) is 24.0. The minimum atomic E-state index is -1.28. The number of aryl methyl sites for hydroxylation is 1. The lowest BCUT2D eigenvalue weighted by Crippen LogP contribution is -2.51. The molecule has 1 fully saturated rings. The molecule has 0 saturated carbocycles. The van der Waals surface area contributed by atoms with Gasteiger partial charge in [0.25, 0.3) is 0 Å². The van der Waals surface area contributed by atoms with E-state index in [1.54, 1.807) is 76.2 Å². The van der Waals surface area contributed by atoms with E-state index in [1.165, 1.54) is 20.1 Å². The van der Waals surface area contributed by atoms with Crippen LogP contribution in [0.2, 0.25) is 5.02 Å². The van der Waals surface area contributed by atoms with E-state index in [-0.39, 0.29) is 106 Å². The predicted octanol–water partition coefficient (Wildman–Crippen LogP) is 7.66. The Morgan fingerprint density at radius 1 is 0.860 bits per heavy atom. The molecular formula is C64H85ClN6O15. The summed E-state index contributed by atoms with van der Waals surface area (Å²) in [5.41, 5.74) is 7.43. The summed E-state index contributed by atoms with van der Waals surface area (Å²) in [7, 11) is 1.49. The first-order valence-electron chi connectivity index (χ1n) is 29.4. The number of anilines is 1. The van der Waals surface area contributed by atoms with Crippen LogP contribution in [0.3, 0.4) is 0 Å². The molecule has 0 bridgehead atoms. The van der Waals surface area contributed by atoms with Gasteiger partial charge in [0, 0.05) is 69.1 Å². The predicted molar refractivity (Wildman–Crippen MR) is 321 cm³/mol. The molecule has 2 aliphatic heterocycles. The van der Waals surface area contributed by atoms with Crippen LogP contribution in [0.1, 0.15) is 142 Å². The molecule has 0 spiro atoms. The number of nitrogens with one attached hydrogen (secondary N) is 5. The third kappa shape index (κ3) is 22.6. The zero-order valence-electron chi connectivity index (χ0n) is 50.8. The number of primary amides is 1. The molecule has 0 aliphatic carbocycles. The SMILES string of the molecule is COc1ccc(C[C@H]2NC(=O)/C=C/C[C@@H]([C@H](C)[C@@H]3O[C@H]3c3ccc(CCC(=O)OCc4ccc(NC(=O)[C@H](CCCNC(N)=O)CC(=O)[C@@H](NC(=O)CCCC(C)=O)C(C)C)cc4)cc3)OC(=O)[C@H](CC(C)C)OC(=O)C(C)(C)CNC2=O)cc1Cl. The zero-order chi connectivity index (χ0) is 63.3. The topological polar surface area (TPSA) is 306 Å². The summed E-state index contributed by atoms with van der Waals surface area (Å²) in [6.45, 7) is 13.9. The lowest BCUT2D eigenvalue weighted by molar-refractivity contribution is -0.179. The summed E-state index contributed by atoms with van der Waals surface area (Å²) in [6.07, 6.45) is 2.00. The number of cyclic esters (lactones) is 2. The van der Waals surface area contributed by atoms with Crippen molar-refractivity contribution in [3.05, 3.63) is 106 Å². The number of methoxy groups -OCH3 is 1. The molecule has 0 radical (unpaired) electrons. The number of amides is 6. The minimum Gasteiger partial charge on any atom is -0.495 e. The molecule has 3 aromatic carbocycles. The Morgan fingerprint density at radius 2 is 1.55 bits per heavy atom. The maximum atomic E-state index is 14.0. The van der Waals surface area contributed by atoms with Gasteiger partial charge in [-0.05, 0) is 117 Å². The van der Waals surface area contributed by atoms with Crippen LogP contribution in [0.5, 0.6) is 5.75 Å². The number of hydrogen-bond acceptors (Lipinski definition) is 15. The van der Waals surface area contributed by atoms with Gasteiger partial charge < -0.3 is 60.8 Å². The Morgan fingerprint density at radius 3 is 2.19 bits per heavy atom. The van der Waals surface area contributed by atoms with E-state index in [0.29, 0.717) is 46.8 Å².